The molecule has 2 aliphatic rings. The zero-order valence-corrected chi connectivity index (χ0v) is 21.2. The molecule has 35 heavy (non-hydrogen) atoms. The van der Waals surface area contributed by atoms with Crippen LogP contribution in [0, 0.1) is 0 Å². The van der Waals surface area contributed by atoms with Crippen molar-refractivity contribution in [3.8, 4) is 11.3 Å². The van der Waals surface area contributed by atoms with Crippen LogP contribution in [0.1, 0.15) is 61.9 Å². The summed E-state index contributed by atoms with van der Waals surface area (Å²) in [4.78, 5) is 10.6. The molecule has 4 heteroatoms. The average molecular weight is 470 g/mol. The van der Waals surface area contributed by atoms with Gasteiger partial charge in [0.05, 0.1) is 36.3 Å². The molecular weight excluding hydrogens is 430 g/mol. The van der Waals surface area contributed by atoms with Gasteiger partial charge in [-0.25, -0.2) is 4.98 Å². The van der Waals surface area contributed by atoms with Gasteiger partial charge < -0.3 is 9.64 Å². The van der Waals surface area contributed by atoms with Gasteiger partial charge in [0.15, 0.2) is 0 Å². The highest BCUT2D eigenvalue weighted by atomic mass is 16.5. The maximum Gasteiger partial charge on any atom is 0.0942 e. The predicted molar refractivity (Wildman–Crippen MR) is 145 cm³/mol. The Labute approximate surface area is 210 Å². The van der Waals surface area contributed by atoms with E-state index >= 15 is 0 Å². The molecule has 0 aliphatic carbocycles. The van der Waals surface area contributed by atoms with E-state index in [1.807, 2.05) is 0 Å². The van der Waals surface area contributed by atoms with Crippen molar-refractivity contribution in [2.24, 2.45) is 0 Å². The van der Waals surface area contributed by atoms with Gasteiger partial charge in [0.25, 0.3) is 0 Å². The number of unbranched alkanes of at least 4 members (excludes halogenated alkanes) is 3. The summed E-state index contributed by atoms with van der Waals surface area (Å²) in [5.41, 5.74) is 7.76. The Hall–Kier alpha value is -2.69. The number of nitrogens with zero attached hydrogens (tertiary/aromatic N) is 3. The number of hydrogen-bond acceptors (Lipinski definition) is 4. The first-order valence-corrected chi connectivity index (χ1v) is 13.5. The number of hydrogen-bond donors (Lipinski definition) is 0. The fourth-order valence-corrected chi connectivity index (χ4v) is 5.62. The maximum atomic E-state index is 5.70. The Morgan fingerprint density at radius 2 is 1.63 bits per heavy atom. The smallest absolute Gasteiger partial charge is 0.0942 e. The van der Waals surface area contributed by atoms with E-state index in [-0.39, 0.29) is 0 Å². The number of rotatable bonds is 10. The number of morpholine rings is 1. The third-order valence-electron chi connectivity index (χ3n) is 7.48. The molecule has 1 fully saturated rings. The minimum Gasteiger partial charge on any atom is -0.379 e. The molecule has 1 unspecified atom stereocenters. The molecule has 1 atom stereocenters. The van der Waals surface area contributed by atoms with Crippen LogP contribution in [0.3, 0.4) is 0 Å². The monoisotopic (exact) mass is 469 g/mol. The second-order valence-electron chi connectivity index (χ2n) is 9.94. The quantitative estimate of drug-likeness (QED) is 0.311. The molecule has 2 aliphatic heterocycles. The van der Waals surface area contributed by atoms with E-state index in [0.29, 0.717) is 6.04 Å². The minimum absolute atomic E-state index is 0.367. The van der Waals surface area contributed by atoms with Crippen molar-refractivity contribution in [1.82, 2.24) is 9.88 Å². The lowest BCUT2D eigenvalue weighted by Gasteiger charge is -2.35. The number of ether oxygens (including phenoxy) is 1. The third kappa shape index (κ3) is 5.76. The molecule has 184 valence electrons. The zero-order valence-electron chi connectivity index (χ0n) is 21.2. The SMILES string of the molecule is CCCCCCC(c1cc2c(c(-c3ccccc3)n1)N(Cc1ccccc1)CC2)N1CCOCC1. The first kappa shape index (κ1) is 24.0. The largest absolute Gasteiger partial charge is 0.379 e. The van der Waals surface area contributed by atoms with Gasteiger partial charge in [0.1, 0.15) is 0 Å². The Balaban J connectivity index is 1.51. The van der Waals surface area contributed by atoms with E-state index in [1.165, 1.54) is 60.2 Å². The topological polar surface area (TPSA) is 28.6 Å². The molecule has 1 saturated heterocycles. The summed E-state index contributed by atoms with van der Waals surface area (Å²) in [5.74, 6) is 0. The fraction of sp³-hybridized carbons (Fsp3) is 0.452. The minimum atomic E-state index is 0.367. The summed E-state index contributed by atoms with van der Waals surface area (Å²) < 4.78 is 5.70. The molecule has 0 saturated carbocycles. The van der Waals surface area contributed by atoms with Gasteiger partial charge in [-0.05, 0) is 30.0 Å². The van der Waals surface area contributed by atoms with Crippen molar-refractivity contribution in [3.05, 3.63) is 83.6 Å². The lowest BCUT2D eigenvalue weighted by Crippen LogP contribution is -2.39. The van der Waals surface area contributed by atoms with Crippen molar-refractivity contribution in [2.45, 2.75) is 58.0 Å². The van der Waals surface area contributed by atoms with Crippen LogP contribution in [-0.2, 0) is 17.7 Å². The summed E-state index contributed by atoms with van der Waals surface area (Å²) in [5, 5.41) is 0. The van der Waals surface area contributed by atoms with Crippen LogP contribution in [0.15, 0.2) is 66.7 Å². The molecule has 0 spiro atoms. The highest BCUT2D eigenvalue weighted by Crippen LogP contribution is 2.40. The molecule has 3 heterocycles. The normalized spacial score (nSPS) is 16.9. The molecular formula is C31H39N3O. The summed E-state index contributed by atoms with van der Waals surface area (Å²) in [7, 11) is 0. The van der Waals surface area contributed by atoms with Gasteiger partial charge in [0, 0.05) is 31.7 Å². The molecule has 5 rings (SSSR count). The van der Waals surface area contributed by atoms with Crippen LogP contribution in [0.5, 0.6) is 0 Å². The van der Waals surface area contributed by atoms with E-state index in [2.05, 4.69) is 83.5 Å². The lowest BCUT2D eigenvalue weighted by molar-refractivity contribution is 0.0128. The second-order valence-corrected chi connectivity index (χ2v) is 9.94. The Kier molecular flexibility index (Phi) is 8.12. The van der Waals surface area contributed by atoms with Crippen molar-refractivity contribution in [3.63, 3.8) is 0 Å². The van der Waals surface area contributed by atoms with Crippen molar-refractivity contribution in [2.75, 3.05) is 37.7 Å². The van der Waals surface area contributed by atoms with Gasteiger partial charge in [-0.2, -0.15) is 0 Å². The van der Waals surface area contributed by atoms with E-state index in [9.17, 15) is 0 Å². The first-order chi connectivity index (χ1) is 17.3. The van der Waals surface area contributed by atoms with Gasteiger partial charge in [-0.15, -0.1) is 0 Å². The van der Waals surface area contributed by atoms with Crippen molar-refractivity contribution < 1.29 is 4.74 Å². The third-order valence-corrected chi connectivity index (χ3v) is 7.48. The molecule has 3 aromatic rings. The zero-order chi connectivity index (χ0) is 23.9. The highest BCUT2D eigenvalue weighted by Gasteiger charge is 2.29. The summed E-state index contributed by atoms with van der Waals surface area (Å²) in [6.45, 7) is 7.91. The van der Waals surface area contributed by atoms with E-state index < -0.39 is 0 Å². The maximum absolute atomic E-state index is 5.70. The van der Waals surface area contributed by atoms with E-state index in [1.54, 1.807) is 0 Å². The Morgan fingerprint density at radius 1 is 0.886 bits per heavy atom. The average Bonchev–Trinajstić information content (AvgIpc) is 3.32. The summed E-state index contributed by atoms with van der Waals surface area (Å²) >= 11 is 0. The van der Waals surface area contributed by atoms with Crippen LogP contribution >= 0.6 is 0 Å². The van der Waals surface area contributed by atoms with Gasteiger partial charge in [-0.3, -0.25) is 4.90 Å². The van der Waals surface area contributed by atoms with Gasteiger partial charge >= 0.3 is 0 Å². The number of fused-ring (bicyclic) bond motifs is 1. The van der Waals surface area contributed by atoms with Crippen LogP contribution in [0.4, 0.5) is 5.69 Å². The lowest BCUT2D eigenvalue weighted by atomic mass is 9.98. The number of anilines is 1. The Bertz CT molecular complexity index is 1060. The molecule has 2 aromatic carbocycles. The molecule has 0 bridgehead atoms. The summed E-state index contributed by atoms with van der Waals surface area (Å²) in [6, 6.07) is 24.4. The van der Waals surface area contributed by atoms with Crippen molar-refractivity contribution in [1.29, 1.82) is 0 Å². The molecule has 0 N–H and O–H groups in total. The van der Waals surface area contributed by atoms with Crippen LogP contribution < -0.4 is 4.90 Å². The first-order valence-electron chi connectivity index (χ1n) is 13.5. The molecule has 0 radical (unpaired) electrons. The van der Waals surface area contributed by atoms with Crippen LogP contribution in [-0.4, -0.2) is 42.7 Å². The van der Waals surface area contributed by atoms with Gasteiger partial charge in [-0.1, -0.05) is 93.3 Å². The molecule has 0 amide bonds. The summed E-state index contributed by atoms with van der Waals surface area (Å²) in [6.07, 6.45) is 7.41. The number of pyridine rings is 1. The fourth-order valence-electron chi connectivity index (χ4n) is 5.62. The van der Waals surface area contributed by atoms with Crippen molar-refractivity contribution >= 4 is 5.69 Å². The molecule has 1 aromatic heterocycles. The second kappa shape index (κ2) is 11.8. The standard InChI is InChI=1S/C31H39N3O/c1-2-3-4-11-16-29(33-19-21-35-22-20-33)28-23-27-17-18-34(24-25-12-7-5-8-13-25)31(27)30(32-28)26-14-9-6-10-15-26/h5-10,12-15,23,29H,2-4,11,16-22,24H2,1H3. The van der Waals surface area contributed by atoms with E-state index in [0.717, 1.165) is 51.5 Å². The highest BCUT2D eigenvalue weighted by molar-refractivity contribution is 5.80. The van der Waals surface area contributed by atoms with Crippen LogP contribution in [0.25, 0.3) is 11.3 Å². The van der Waals surface area contributed by atoms with E-state index in [4.69, 9.17) is 9.72 Å². The number of benzene rings is 2. The van der Waals surface area contributed by atoms with Gasteiger partial charge in [0.2, 0.25) is 0 Å². The molecule has 4 nitrogen and oxygen atoms in total. The van der Waals surface area contributed by atoms with Crippen LogP contribution in [0.2, 0.25) is 0 Å². The predicted octanol–water partition coefficient (Wildman–Crippen LogP) is 6.66. The Morgan fingerprint density at radius 3 is 2.37 bits per heavy atom. The number of aromatic nitrogens is 1.